The smallest absolute Gasteiger partial charge is 0.252 e. The molecule has 27 heavy (non-hydrogen) atoms. The van der Waals surface area contributed by atoms with E-state index in [2.05, 4.69) is 38.3 Å². The van der Waals surface area contributed by atoms with Crippen molar-refractivity contribution in [2.45, 2.75) is 18.2 Å². The van der Waals surface area contributed by atoms with Gasteiger partial charge in [0.25, 0.3) is 5.91 Å². The molecule has 0 radical (unpaired) electrons. The summed E-state index contributed by atoms with van der Waals surface area (Å²) in [7, 11) is -3.43. The van der Waals surface area contributed by atoms with Crippen LogP contribution in [0.2, 0.25) is 0 Å². The standard InChI is InChI=1S/C20H23BrN2O3S/c1-2-27(25,26)19-9-4-3-8-18(19)20(24)22-13-15-10-11-23(14-15)17-7-5-6-16(21)12-17/h3-9,12,15H,2,10-11,13-14H2,1H3,(H,22,24). The van der Waals surface area contributed by atoms with Crippen LogP contribution in [0, 0.1) is 5.92 Å². The topological polar surface area (TPSA) is 66.5 Å². The highest BCUT2D eigenvalue weighted by atomic mass is 79.9. The van der Waals surface area contributed by atoms with E-state index in [9.17, 15) is 13.2 Å². The van der Waals surface area contributed by atoms with Gasteiger partial charge in [0.2, 0.25) is 0 Å². The van der Waals surface area contributed by atoms with E-state index < -0.39 is 9.84 Å². The second-order valence-electron chi connectivity index (χ2n) is 6.69. The summed E-state index contributed by atoms with van der Waals surface area (Å²) in [6.07, 6.45) is 0.988. The Bertz CT molecular complexity index is 930. The molecule has 0 aliphatic carbocycles. The van der Waals surface area contributed by atoms with E-state index in [1.165, 1.54) is 6.07 Å². The fourth-order valence-electron chi connectivity index (χ4n) is 3.32. The van der Waals surface area contributed by atoms with Crippen LogP contribution < -0.4 is 10.2 Å². The Morgan fingerprint density at radius 3 is 2.74 bits per heavy atom. The van der Waals surface area contributed by atoms with E-state index in [1.54, 1.807) is 25.1 Å². The number of sulfone groups is 1. The molecule has 2 aromatic rings. The average Bonchev–Trinajstić information content (AvgIpc) is 3.15. The van der Waals surface area contributed by atoms with Crippen molar-refractivity contribution in [1.82, 2.24) is 5.32 Å². The lowest BCUT2D eigenvalue weighted by molar-refractivity contribution is 0.0945. The van der Waals surface area contributed by atoms with Gasteiger partial charge in [-0.15, -0.1) is 0 Å². The largest absolute Gasteiger partial charge is 0.371 e. The molecule has 144 valence electrons. The Balaban J connectivity index is 1.63. The summed E-state index contributed by atoms with van der Waals surface area (Å²) in [5.74, 6) is -0.0203. The molecule has 1 atom stereocenters. The SMILES string of the molecule is CCS(=O)(=O)c1ccccc1C(=O)NCC1CCN(c2cccc(Br)c2)C1. The molecule has 1 N–H and O–H groups in total. The van der Waals surface area contributed by atoms with E-state index in [4.69, 9.17) is 0 Å². The van der Waals surface area contributed by atoms with Crippen molar-refractivity contribution in [3.8, 4) is 0 Å². The minimum Gasteiger partial charge on any atom is -0.371 e. The predicted octanol–water partition coefficient (Wildman–Crippen LogP) is 3.50. The Labute approximate surface area is 168 Å². The first-order valence-electron chi connectivity index (χ1n) is 9.01. The highest BCUT2D eigenvalue weighted by Crippen LogP contribution is 2.26. The minimum atomic E-state index is -3.43. The van der Waals surface area contributed by atoms with Gasteiger partial charge in [0.1, 0.15) is 0 Å². The number of halogens is 1. The lowest BCUT2D eigenvalue weighted by atomic mass is 10.1. The molecule has 0 saturated carbocycles. The van der Waals surface area contributed by atoms with E-state index >= 15 is 0 Å². The third-order valence-corrected chi connectivity index (χ3v) is 7.14. The number of benzene rings is 2. The molecule has 1 aliphatic heterocycles. The minimum absolute atomic E-state index is 0.0263. The summed E-state index contributed by atoms with van der Waals surface area (Å²) < 4.78 is 25.5. The van der Waals surface area contributed by atoms with Crippen LogP contribution in [0.15, 0.2) is 57.9 Å². The third-order valence-electron chi connectivity index (χ3n) is 4.86. The van der Waals surface area contributed by atoms with Crippen molar-refractivity contribution in [2.24, 2.45) is 5.92 Å². The van der Waals surface area contributed by atoms with Gasteiger partial charge in [0.05, 0.1) is 16.2 Å². The molecule has 1 heterocycles. The Morgan fingerprint density at radius 2 is 2.00 bits per heavy atom. The van der Waals surface area contributed by atoms with Crippen LogP contribution >= 0.6 is 15.9 Å². The van der Waals surface area contributed by atoms with Crippen molar-refractivity contribution in [1.29, 1.82) is 0 Å². The van der Waals surface area contributed by atoms with Gasteiger partial charge >= 0.3 is 0 Å². The number of amides is 1. The summed E-state index contributed by atoms with van der Waals surface area (Å²) in [5, 5.41) is 2.92. The molecule has 2 aromatic carbocycles. The highest BCUT2D eigenvalue weighted by Gasteiger charge is 2.25. The number of rotatable bonds is 6. The van der Waals surface area contributed by atoms with Gasteiger partial charge in [-0.25, -0.2) is 8.42 Å². The first kappa shape index (κ1) is 19.9. The van der Waals surface area contributed by atoms with Gasteiger partial charge in [0.15, 0.2) is 9.84 Å². The summed E-state index contributed by atoms with van der Waals surface area (Å²) >= 11 is 3.50. The molecular formula is C20H23BrN2O3S. The molecule has 0 bridgehead atoms. The zero-order valence-corrected chi connectivity index (χ0v) is 17.6. The van der Waals surface area contributed by atoms with Crippen molar-refractivity contribution >= 4 is 37.4 Å². The molecule has 1 fully saturated rings. The van der Waals surface area contributed by atoms with E-state index in [0.717, 1.165) is 29.7 Å². The maximum Gasteiger partial charge on any atom is 0.252 e. The fraction of sp³-hybridized carbons (Fsp3) is 0.350. The lowest BCUT2D eigenvalue weighted by Crippen LogP contribution is -2.32. The van der Waals surface area contributed by atoms with E-state index in [1.807, 2.05) is 12.1 Å². The first-order chi connectivity index (χ1) is 12.9. The molecule has 0 spiro atoms. The highest BCUT2D eigenvalue weighted by molar-refractivity contribution is 9.10. The van der Waals surface area contributed by atoms with Crippen molar-refractivity contribution in [3.63, 3.8) is 0 Å². The second-order valence-corrected chi connectivity index (χ2v) is 9.85. The quantitative estimate of drug-likeness (QED) is 0.730. The molecule has 1 saturated heterocycles. The maximum absolute atomic E-state index is 12.6. The van der Waals surface area contributed by atoms with Crippen LogP contribution in [-0.2, 0) is 9.84 Å². The Morgan fingerprint density at radius 1 is 1.22 bits per heavy atom. The van der Waals surface area contributed by atoms with Gasteiger partial charge in [-0.2, -0.15) is 0 Å². The van der Waals surface area contributed by atoms with Crippen LogP contribution in [-0.4, -0.2) is 39.7 Å². The molecule has 5 nitrogen and oxygen atoms in total. The van der Waals surface area contributed by atoms with Crippen LogP contribution in [0.3, 0.4) is 0 Å². The summed E-state index contributed by atoms with van der Waals surface area (Å²) in [4.78, 5) is 15.0. The molecule has 1 aliphatic rings. The number of hydrogen-bond donors (Lipinski definition) is 1. The first-order valence-corrected chi connectivity index (χ1v) is 11.5. The molecule has 7 heteroatoms. The number of carbonyl (C=O) groups excluding carboxylic acids is 1. The van der Waals surface area contributed by atoms with Crippen LogP contribution in [0.1, 0.15) is 23.7 Å². The third kappa shape index (κ3) is 4.71. The van der Waals surface area contributed by atoms with Gasteiger partial charge in [-0.1, -0.05) is 41.1 Å². The number of nitrogens with zero attached hydrogens (tertiary/aromatic N) is 1. The number of anilines is 1. The average molecular weight is 451 g/mol. The van der Waals surface area contributed by atoms with Crippen molar-refractivity contribution in [3.05, 3.63) is 58.6 Å². The van der Waals surface area contributed by atoms with Crippen LogP contribution in [0.5, 0.6) is 0 Å². The van der Waals surface area contributed by atoms with Gasteiger partial charge in [0, 0.05) is 29.8 Å². The van der Waals surface area contributed by atoms with Gasteiger partial charge < -0.3 is 10.2 Å². The van der Waals surface area contributed by atoms with Gasteiger partial charge in [-0.05, 0) is 42.7 Å². The van der Waals surface area contributed by atoms with Crippen molar-refractivity contribution < 1.29 is 13.2 Å². The summed E-state index contributed by atoms with van der Waals surface area (Å²) in [6, 6.07) is 14.6. The summed E-state index contributed by atoms with van der Waals surface area (Å²) in [5.41, 5.74) is 1.39. The molecule has 1 unspecified atom stereocenters. The fourth-order valence-corrected chi connectivity index (χ4v) is 4.80. The van der Waals surface area contributed by atoms with Gasteiger partial charge in [-0.3, -0.25) is 4.79 Å². The molecular weight excluding hydrogens is 428 g/mol. The predicted molar refractivity (Wildman–Crippen MR) is 111 cm³/mol. The van der Waals surface area contributed by atoms with Crippen LogP contribution in [0.25, 0.3) is 0 Å². The zero-order valence-electron chi connectivity index (χ0n) is 15.2. The number of carbonyl (C=O) groups is 1. The Kier molecular flexibility index (Phi) is 6.22. The lowest BCUT2D eigenvalue weighted by Gasteiger charge is -2.19. The molecule has 3 rings (SSSR count). The Hall–Kier alpha value is -1.86. The summed E-state index contributed by atoms with van der Waals surface area (Å²) in [6.45, 7) is 3.92. The monoisotopic (exact) mass is 450 g/mol. The van der Waals surface area contributed by atoms with E-state index in [-0.39, 0.29) is 22.1 Å². The second kappa shape index (κ2) is 8.44. The normalized spacial score (nSPS) is 17.1. The van der Waals surface area contributed by atoms with Crippen molar-refractivity contribution in [2.75, 3.05) is 30.3 Å². The van der Waals surface area contributed by atoms with E-state index in [0.29, 0.717) is 12.5 Å². The molecule has 1 amide bonds. The number of hydrogen-bond acceptors (Lipinski definition) is 4. The maximum atomic E-state index is 12.6. The number of nitrogens with one attached hydrogen (secondary N) is 1. The molecule has 0 aromatic heterocycles. The zero-order chi connectivity index (χ0) is 19.4. The van der Waals surface area contributed by atoms with Crippen LogP contribution in [0.4, 0.5) is 5.69 Å².